The van der Waals surface area contributed by atoms with Gasteiger partial charge in [-0.2, -0.15) is 0 Å². The SMILES string of the molecule is CC1(C)CC(NC(=O)c2ccccc2CCc2ccccc2)CC(C)(C)[NH2+]1. The van der Waals surface area contributed by atoms with Crippen LogP contribution >= 0.6 is 0 Å². The molecule has 27 heavy (non-hydrogen) atoms. The number of carbonyl (C=O) groups excluding carboxylic acids is 1. The van der Waals surface area contributed by atoms with Crippen LogP contribution in [0.1, 0.15) is 62.0 Å². The fourth-order valence-corrected chi connectivity index (χ4v) is 4.77. The Hall–Kier alpha value is -2.13. The minimum Gasteiger partial charge on any atom is -0.349 e. The maximum atomic E-state index is 13.0. The number of piperidine rings is 1. The summed E-state index contributed by atoms with van der Waals surface area (Å²) in [5, 5.41) is 5.77. The van der Waals surface area contributed by atoms with Gasteiger partial charge in [0, 0.05) is 24.4 Å². The van der Waals surface area contributed by atoms with Crippen LogP contribution in [0.2, 0.25) is 0 Å². The Morgan fingerprint density at radius 1 is 0.926 bits per heavy atom. The minimum atomic E-state index is 0.0668. The van der Waals surface area contributed by atoms with E-state index in [1.54, 1.807) is 0 Å². The highest BCUT2D eigenvalue weighted by atomic mass is 16.1. The molecular formula is C24H33N2O+. The number of aryl methyl sites for hydroxylation is 2. The molecule has 1 heterocycles. The zero-order valence-corrected chi connectivity index (χ0v) is 17.1. The molecule has 1 aliphatic heterocycles. The van der Waals surface area contributed by atoms with Gasteiger partial charge in [-0.15, -0.1) is 0 Å². The first-order chi connectivity index (χ1) is 12.7. The van der Waals surface area contributed by atoms with Gasteiger partial charge in [0.05, 0.1) is 11.1 Å². The second kappa shape index (κ2) is 7.85. The number of rotatable bonds is 5. The van der Waals surface area contributed by atoms with E-state index in [0.29, 0.717) is 0 Å². The first kappa shape index (κ1) is 19.6. The van der Waals surface area contributed by atoms with Crippen LogP contribution in [0.5, 0.6) is 0 Å². The van der Waals surface area contributed by atoms with Crippen LogP contribution in [0.15, 0.2) is 54.6 Å². The zero-order valence-electron chi connectivity index (χ0n) is 17.1. The summed E-state index contributed by atoms with van der Waals surface area (Å²) in [4.78, 5) is 13.0. The summed E-state index contributed by atoms with van der Waals surface area (Å²) in [6.45, 7) is 9.06. The van der Waals surface area contributed by atoms with Gasteiger partial charge >= 0.3 is 0 Å². The van der Waals surface area contributed by atoms with Crippen molar-refractivity contribution >= 4 is 5.91 Å². The van der Waals surface area contributed by atoms with Crippen molar-refractivity contribution in [3.63, 3.8) is 0 Å². The van der Waals surface area contributed by atoms with Crippen molar-refractivity contribution in [2.75, 3.05) is 0 Å². The van der Waals surface area contributed by atoms with Crippen molar-refractivity contribution in [1.29, 1.82) is 0 Å². The molecule has 0 bridgehead atoms. The van der Waals surface area contributed by atoms with Gasteiger partial charge < -0.3 is 10.6 Å². The van der Waals surface area contributed by atoms with Gasteiger partial charge in [-0.05, 0) is 57.7 Å². The predicted molar refractivity (Wildman–Crippen MR) is 111 cm³/mol. The summed E-state index contributed by atoms with van der Waals surface area (Å²) >= 11 is 0. The van der Waals surface area contributed by atoms with E-state index in [2.05, 4.69) is 68.7 Å². The lowest BCUT2D eigenvalue weighted by atomic mass is 9.79. The molecule has 0 aromatic heterocycles. The Morgan fingerprint density at radius 3 is 2.19 bits per heavy atom. The zero-order chi connectivity index (χ0) is 19.5. The number of nitrogens with two attached hydrogens (primary N) is 1. The molecule has 1 aliphatic rings. The van der Waals surface area contributed by atoms with Crippen LogP contribution in [0.3, 0.4) is 0 Å². The number of benzene rings is 2. The lowest BCUT2D eigenvalue weighted by Crippen LogP contribution is -3.06. The summed E-state index contributed by atoms with van der Waals surface area (Å²) < 4.78 is 0. The van der Waals surface area contributed by atoms with Crippen LogP contribution in [0.4, 0.5) is 0 Å². The molecule has 144 valence electrons. The number of hydrogen-bond donors (Lipinski definition) is 2. The molecule has 1 saturated heterocycles. The molecule has 0 unspecified atom stereocenters. The number of carbonyl (C=O) groups is 1. The lowest BCUT2D eigenvalue weighted by Gasteiger charge is -2.43. The molecule has 3 heteroatoms. The second-order valence-electron chi connectivity index (χ2n) is 9.34. The Balaban J connectivity index is 1.70. The number of hydrogen-bond acceptors (Lipinski definition) is 1. The largest absolute Gasteiger partial charge is 0.349 e. The van der Waals surface area contributed by atoms with Crippen molar-refractivity contribution in [2.24, 2.45) is 0 Å². The van der Waals surface area contributed by atoms with Crippen molar-refractivity contribution in [2.45, 2.75) is 70.5 Å². The van der Waals surface area contributed by atoms with E-state index < -0.39 is 0 Å². The van der Waals surface area contributed by atoms with Crippen molar-refractivity contribution in [1.82, 2.24) is 5.32 Å². The predicted octanol–water partition coefficient (Wildman–Crippen LogP) is 3.48. The summed E-state index contributed by atoms with van der Waals surface area (Å²) in [5.74, 6) is 0.0668. The van der Waals surface area contributed by atoms with E-state index in [-0.39, 0.29) is 23.0 Å². The van der Waals surface area contributed by atoms with Gasteiger partial charge in [0.2, 0.25) is 0 Å². The summed E-state index contributed by atoms with van der Waals surface area (Å²) in [6, 6.07) is 18.7. The minimum absolute atomic E-state index is 0.0668. The van der Waals surface area contributed by atoms with E-state index in [4.69, 9.17) is 0 Å². The molecule has 0 saturated carbocycles. The van der Waals surface area contributed by atoms with Crippen molar-refractivity contribution < 1.29 is 10.1 Å². The molecule has 2 aromatic carbocycles. The van der Waals surface area contributed by atoms with E-state index in [9.17, 15) is 4.79 Å². The Labute approximate surface area is 163 Å². The molecule has 3 N–H and O–H groups in total. The fraction of sp³-hybridized carbons (Fsp3) is 0.458. The first-order valence-electron chi connectivity index (χ1n) is 10.0. The van der Waals surface area contributed by atoms with E-state index >= 15 is 0 Å². The fourth-order valence-electron chi connectivity index (χ4n) is 4.77. The van der Waals surface area contributed by atoms with Crippen LogP contribution in [0, 0.1) is 0 Å². The summed E-state index contributed by atoms with van der Waals surface area (Å²) in [7, 11) is 0. The molecule has 1 amide bonds. The normalized spacial score (nSPS) is 18.8. The average Bonchev–Trinajstić information content (AvgIpc) is 2.58. The van der Waals surface area contributed by atoms with E-state index in [1.807, 2.05) is 24.3 Å². The van der Waals surface area contributed by atoms with Gasteiger partial charge in [-0.3, -0.25) is 4.79 Å². The van der Waals surface area contributed by atoms with Gasteiger partial charge in [0.25, 0.3) is 5.91 Å². The van der Waals surface area contributed by atoms with E-state index in [0.717, 1.165) is 36.8 Å². The highest BCUT2D eigenvalue weighted by Gasteiger charge is 2.42. The standard InChI is InChI=1S/C24H32N2O/c1-23(2)16-20(17-24(3,4)26-23)25-22(27)21-13-9-8-12-19(21)15-14-18-10-6-5-7-11-18/h5-13,20,26H,14-17H2,1-4H3,(H,25,27)/p+1. The molecule has 0 atom stereocenters. The van der Waals surface area contributed by atoms with Crippen LogP contribution in [0.25, 0.3) is 0 Å². The van der Waals surface area contributed by atoms with Crippen LogP contribution in [-0.2, 0) is 12.8 Å². The van der Waals surface area contributed by atoms with Gasteiger partial charge in [0.15, 0.2) is 0 Å². The maximum Gasteiger partial charge on any atom is 0.251 e. The topological polar surface area (TPSA) is 45.7 Å². The van der Waals surface area contributed by atoms with E-state index in [1.165, 1.54) is 5.56 Å². The molecule has 3 nitrogen and oxygen atoms in total. The molecule has 2 aromatic rings. The Bertz CT molecular complexity index is 764. The summed E-state index contributed by atoms with van der Waals surface area (Å²) in [6.07, 6.45) is 3.81. The van der Waals surface area contributed by atoms with Gasteiger partial charge in [-0.25, -0.2) is 0 Å². The smallest absolute Gasteiger partial charge is 0.251 e. The highest BCUT2D eigenvalue weighted by Crippen LogP contribution is 2.22. The first-order valence-corrected chi connectivity index (χ1v) is 10.0. The summed E-state index contributed by atoms with van der Waals surface area (Å²) in [5.41, 5.74) is 3.54. The number of amides is 1. The van der Waals surface area contributed by atoms with Crippen LogP contribution < -0.4 is 10.6 Å². The lowest BCUT2D eigenvalue weighted by molar-refractivity contribution is -0.787. The Morgan fingerprint density at radius 2 is 1.52 bits per heavy atom. The number of nitrogens with one attached hydrogen (secondary N) is 1. The monoisotopic (exact) mass is 365 g/mol. The maximum absolute atomic E-state index is 13.0. The third-order valence-electron chi connectivity index (χ3n) is 5.45. The third-order valence-corrected chi connectivity index (χ3v) is 5.45. The van der Waals surface area contributed by atoms with Crippen molar-refractivity contribution in [3.05, 3.63) is 71.3 Å². The van der Waals surface area contributed by atoms with Gasteiger partial charge in [0.1, 0.15) is 0 Å². The van der Waals surface area contributed by atoms with Gasteiger partial charge in [-0.1, -0.05) is 48.5 Å². The van der Waals surface area contributed by atoms with Crippen LogP contribution in [-0.4, -0.2) is 23.0 Å². The molecule has 0 aliphatic carbocycles. The molecule has 0 spiro atoms. The number of quaternary nitrogens is 1. The second-order valence-corrected chi connectivity index (χ2v) is 9.34. The Kier molecular flexibility index (Phi) is 5.71. The third kappa shape index (κ3) is 5.43. The molecular weight excluding hydrogens is 332 g/mol. The molecule has 3 rings (SSSR count). The highest BCUT2D eigenvalue weighted by molar-refractivity contribution is 5.95. The van der Waals surface area contributed by atoms with Crippen molar-refractivity contribution in [3.8, 4) is 0 Å². The molecule has 0 radical (unpaired) electrons. The average molecular weight is 366 g/mol. The quantitative estimate of drug-likeness (QED) is 0.837. The molecule has 1 fully saturated rings.